The Balaban J connectivity index is 1.62. The van der Waals surface area contributed by atoms with Gasteiger partial charge in [-0.25, -0.2) is 4.98 Å². The molecular weight excluding hydrogens is 300 g/mol. The van der Waals surface area contributed by atoms with Gasteiger partial charge in [0.25, 0.3) is 0 Å². The van der Waals surface area contributed by atoms with Crippen molar-refractivity contribution in [3.63, 3.8) is 0 Å². The molecule has 0 radical (unpaired) electrons. The fourth-order valence-corrected chi connectivity index (χ4v) is 4.17. The number of likely N-dealkylation sites (tertiary alicyclic amines) is 1. The largest absolute Gasteiger partial charge is 0.357 e. The van der Waals surface area contributed by atoms with Crippen LogP contribution in [0.25, 0.3) is 0 Å². The fraction of sp³-hybridized carbons (Fsp3) is 0.632. The normalized spacial score (nSPS) is 22.8. The van der Waals surface area contributed by atoms with Crippen LogP contribution in [0.1, 0.15) is 51.0 Å². The maximum Gasteiger partial charge on any atom is 0.219 e. The lowest BCUT2D eigenvalue weighted by atomic mass is 9.86. The summed E-state index contributed by atoms with van der Waals surface area (Å²) in [5.41, 5.74) is 0.601. The van der Waals surface area contributed by atoms with Gasteiger partial charge in [-0.05, 0) is 43.7 Å². The minimum atomic E-state index is 0.234. The summed E-state index contributed by atoms with van der Waals surface area (Å²) in [5.74, 6) is 1.79. The molecule has 0 spiro atoms. The number of aromatic nitrogens is 1. The third-order valence-corrected chi connectivity index (χ3v) is 5.49. The van der Waals surface area contributed by atoms with Crippen LogP contribution in [0, 0.1) is 17.2 Å². The molecule has 0 aromatic carbocycles. The molecule has 2 saturated heterocycles. The minimum absolute atomic E-state index is 0.234. The highest BCUT2D eigenvalue weighted by atomic mass is 16.2. The quantitative estimate of drug-likeness (QED) is 0.838. The number of amides is 1. The molecule has 2 fully saturated rings. The third kappa shape index (κ3) is 3.69. The molecule has 5 heteroatoms. The Morgan fingerprint density at radius 2 is 1.96 bits per heavy atom. The highest BCUT2D eigenvalue weighted by molar-refractivity contribution is 5.73. The van der Waals surface area contributed by atoms with E-state index in [2.05, 4.69) is 20.9 Å². The van der Waals surface area contributed by atoms with Gasteiger partial charge in [-0.1, -0.05) is 12.8 Å². The third-order valence-electron chi connectivity index (χ3n) is 5.49. The predicted molar refractivity (Wildman–Crippen MR) is 93.5 cm³/mol. The Labute approximate surface area is 144 Å². The number of nitrogens with zero attached hydrogens (tertiary/aromatic N) is 4. The summed E-state index contributed by atoms with van der Waals surface area (Å²) in [4.78, 5) is 20.9. The Kier molecular flexibility index (Phi) is 5.34. The standard InChI is InChI=1S/C19H26N4O/c1-15(24)23-10-4-2-3-5-18(23)17-8-11-22(12-9-17)19-7-6-16(13-20)14-21-19/h6-7,14,17-18H,2-5,8-12H2,1H3/t18-/m0/s1. The molecule has 1 amide bonds. The lowest BCUT2D eigenvalue weighted by Crippen LogP contribution is -2.47. The average Bonchev–Trinajstić information content (AvgIpc) is 2.88. The van der Waals surface area contributed by atoms with Gasteiger partial charge in [-0.3, -0.25) is 4.79 Å². The summed E-state index contributed by atoms with van der Waals surface area (Å²) < 4.78 is 0. The first-order valence-corrected chi connectivity index (χ1v) is 9.07. The number of pyridine rings is 1. The van der Waals surface area contributed by atoms with E-state index in [0.717, 1.165) is 51.1 Å². The predicted octanol–water partition coefficient (Wildman–Crippen LogP) is 2.96. The number of carbonyl (C=O) groups is 1. The fourth-order valence-electron chi connectivity index (χ4n) is 4.17. The minimum Gasteiger partial charge on any atom is -0.357 e. The molecule has 0 unspecified atom stereocenters. The Morgan fingerprint density at radius 1 is 1.17 bits per heavy atom. The maximum atomic E-state index is 12.0. The van der Waals surface area contributed by atoms with Gasteiger partial charge >= 0.3 is 0 Å². The van der Waals surface area contributed by atoms with Crippen molar-refractivity contribution < 1.29 is 4.79 Å². The Bertz CT molecular complexity index is 599. The number of piperidine rings is 1. The second-order valence-corrected chi connectivity index (χ2v) is 6.97. The van der Waals surface area contributed by atoms with E-state index in [9.17, 15) is 4.79 Å². The molecule has 2 aliphatic rings. The van der Waals surface area contributed by atoms with E-state index >= 15 is 0 Å². The zero-order valence-corrected chi connectivity index (χ0v) is 14.4. The number of hydrogen-bond donors (Lipinski definition) is 0. The van der Waals surface area contributed by atoms with Gasteiger partial charge in [0.1, 0.15) is 11.9 Å². The van der Waals surface area contributed by atoms with Crippen LogP contribution in [0.5, 0.6) is 0 Å². The van der Waals surface area contributed by atoms with Crippen molar-refractivity contribution in [3.8, 4) is 6.07 Å². The van der Waals surface area contributed by atoms with E-state index in [0.29, 0.717) is 17.5 Å². The number of nitriles is 1. The van der Waals surface area contributed by atoms with E-state index in [4.69, 9.17) is 5.26 Å². The van der Waals surface area contributed by atoms with Crippen molar-refractivity contribution in [2.24, 2.45) is 5.92 Å². The monoisotopic (exact) mass is 326 g/mol. The topological polar surface area (TPSA) is 60.2 Å². The van der Waals surface area contributed by atoms with Crippen molar-refractivity contribution in [2.75, 3.05) is 24.5 Å². The van der Waals surface area contributed by atoms with Crippen molar-refractivity contribution in [3.05, 3.63) is 23.9 Å². The van der Waals surface area contributed by atoms with Gasteiger partial charge in [0.15, 0.2) is 0 Å². The molecule has 3 heterocycles. The summed E-state index contributed by atoms with van der Waals surface area (Å²) in [6.07, 6.45) is 8.64. The van der Waals surface area contributed by atoms with Crippen LogP contribution >= 0.6 is 0 Å². The highest BCUT2D eigenvalue weighted by Gasteiger charge is 2.32. The van der Waals surface area contributed by atoms with Crippen molar-refractivity contribution in [2.45, 2.75) is 51.5 Å². The second-order valence-electron chi connectivity index (χ2n) is 6.97. The molecule has 1 atom stereocenters. The smallest absolute Gasteiger partial charge is 0.219 e. The van der Waals surface area contributed by atoms with Gasteiger partial charge in [-0.15, -0.1) is 0 Å². The molecule has 0 saturated carbocycles. The lowest BCUT2D eigenvalue weighted by molar-refractivity contribution is -0.132. The first kappa shape index (κ1) is 16.8. The van der Waals surface area contributed by atoms with Crippen molar-refractivity contribution in [1.29, 1.82) is 5.26 Å². The van der Waals surface area contributed by atoms with Crippen LogP contribution in [-0.4, -0.2) is 41.5 Å². The van der Waals surface area contributed by atoms with Crippen molar-refractivity contribution in [1.82, 2.24) is 9.88 Å². The Morgan fingerprint density at radius 3 is 2.58 bits per heavy atom. The lowest BCUT2D eigenvalue weighted by Gasteiger charge is -2.40. The van der Waals surface area contributed by atoms with Crippen LogP contribution < -0.4 is 4.90 Å². The van der Waals surface area contributed by atoms with Crippen molar-refractivity contribution >= 4 is 11.7 Å². The summed E-state index contributed by atoms with van der Waals surface area (Å²) >= 11 is 0. The van der Waals surface area contributed by atoms with E-state index in [1.54, 1.807) is 13.1 Å². The summed E-state index contributed by atoms with van der Waals surface area (Å²) in [6, 6.07) is 6.30. The molecule has 2 aliphatic heterocycles. The van der Waals surface area contributed by atoms with Gasteiger partial charge in [0.2, 0.25) is 5.91 Å². The van der Waals surface area contributed by atoms with Crippen LogP contribution in [0.3, 0.4) is 0 Å². The SMILES string of the molecule is CC(=O)N1CCCCC[C@H]1C1CCN(c2ccc(C#N)cn2)CC1. The molecule has 0 N–H and O–H groups in total. The summed E-state index contributed by atoms with van der Waals surface area (Å²) in [7, 11) is 0. The first-order valence-electron chi connectivity index (χ1n) is 9.07. The average molecular weight is 326 g/mol. The number of carbonyl (C=O) groups excluding carboxylic acids is 1. The van der Waals surface area contributed by atoms with Crippen LogP contribution in [0.2, 0.25) is 0 Å². The zero-order valence-electron chi connectivity index (χ0n) is 14.4. The van der Waals surface area contributed by atoms with Crippen LogP contribution in [0.4, 0.5) is 5.82 Å². The first-order chi connectivity index (χ1) is 11.7. The van der Waals surface area contributed by atoms with Gasteiger partial charge < -0.3 is 9.80 Å². The highest BCUT2D eigenvalue weighted by Crippen LogP contribution is 2.31. The molecule has 0 aliphatic carbocycles. The molecular formula is C19H26N4O. The van der Waals surface area contributed by atoms with Crippen LogP contribution in [0.15, 0.2) is 18.3 Å². The summed E-state index contributed by atoms with van der Waals surface area (Å²) in [6.45, 7) is 4.60. The van der Waals surface area contributed by atoms with E-state index in [-0.39, 0.29) is 5.91 Å². The number of hydrogen-bond acceptors (Lipinski definition) is 4. The van der Waals surface area contributed by atoms with Gasteiger partial charge in [0, 0.05) is 38.8 Å². The van der Waals surface area contributed by atoms with Crippen LogP contribution in [-0.2, 0) is 4.79 Å². The zero-order chi connectivity index (χ0) is 16.9. The van der Waals surface area contributed by atoms with Gasteiger partial charge in [0.05, 0.1) is 5.56 Å². The Hall–Kier alpha value is -2.09. The molecule has 128 valence electrons. The number of anilines is 1. The van der Waals surface area contributed by atoms with E-state index in [1.165, 1.54) is 12.8 Å². The molecule has 24 heavy (non-hydrogen) atoms. The van der Waals surface area contributed by atoms with E-state index in [1.807, 2.05) is 12.1 Å². The molecule has 1 aromatic rings. The van der Waals surface area contributed by atoms with Gasteiger partial charge in [-0.2, -0.15) is 5.26 Å². The summed E-state index contributed by atoms with van der Waals surface area (Å²) in [5, 5.41) is 8.87. The molecule has 5 nitrogen and oxygen atoms in total. The molecule has 0 bridgehead atoms. The maximum absolute atomic E-state index is 12.0. The molecule has 1 aromatic heterocycles. The second kappa shape index (κ2) is 7.65. The number of rotatable bonds is 2. The van der Waals surface area contributed by atoms with E-state index < -0.39 is 0 Å². The molecule has 3 rings (SSSR count).